The first kappa shape index (κ1) is 7.32. The summed E-state index contributed by atoms with van der Waals surface area (Å²) < 4.78 is 0. The lowest BCUT2D eigenvalue weighted by molar-refractivity contribution is -0.149. The number of nitrogens with zero attached hydrogens (tertiary/aromatic N) is 1. The molecule has 2 bridgehead atoms. The van der Waals surface area contributed by atoms with Crippen molar-refractivity contribution in [1.82, 2.24) is 0 Å². The molecular formula is C11H11NO. The third kappa shape index (κ3) is 0.634. The van der Waals surface area contributed by atoms with E-state index in [0.29, 0.717) is 24.0 Å². The number of Topliss-reactive ketones (excluding diaryl/α,β-unsaturated/α-hetero) is 1. The van der Waals surface area contributed by atoms with Crippen molar-refractivity contribution in [3.8, 4) is 6.07 Å². The van der Waals surface area contributed by atoms with E-state index >= 15 is 0 Å². The summed E-state index contributed by atoms with van der Waals surface area (Å²) >= 11 is 0. The molecule has 66 valence electrons. The van der Waals surface area contributed by atoms with Crippen molar-refractivity contribution in [2.24, 2.45) is 23.2 Å². The molecule has 0 aromatic rings. The van der Waals surface area contributed by atoms with Gasteiger partial charge in [-0.3, -0.25) is 4.79 Å². The van der Waals surface area contributed by atoms with Gasteiger partial charge in [-0.1, -0.05) is 12.2 Å². The van der Waals surface area contributed by atoms with Crippen LogP contribution in [0.4, 0.5) is 0 Å². The maximum atomic E-state index is 11.4. The van der Waals surface area contributed by atoms with Crippen LogP contribution < -0.4 is 0 Å². The molecule has 4 aliphatic carbocycles. The van der Waals surface area contributed by atoms with Crippen molar-refractivity contribution in [2.75, 3.05) is 0 Å². The Balaban J connectivity index is 2.11. The minimum Gasteiger partial charge on any atom is -0.299 e. The number of allylic oxidation sites excluding steroid dienone is 2. The first-order chi connectivity index (χ1) is 6.28. The Labute approximate surface area is 77.2 Å². The lowest BCUT2D eigenvalue weighted by atomic mass is 9.44. The number of fused-ring (bicyclic) bond motifs is 1. The molecule has 4 aliphatic rings. The molecule has 13 heavy (non-hydrogen) atoms. The number of nitriles is 1. The normalized spacial score (nSPS) is 51.0. The van der Waals surface area contributed by atoms with Gasteiger partial charge in [-0.15, -0.1) is 0 Å². The van der Waals surface area contributed by atoms with E-state index in [-0.39, 0.29) is 11.3 Å². The van der Waals surface area contributed by atoms with Crippen LogP contribution in [-0.4, -0.2) is 5.78 Å². The van der Waals surface area contributed by atoms with Crippen LogP contribution in [0.3, 0.4) is 0 Å². The molecule has 4 unspecified atom stereocenters. The second-order valence-corrected chi connectivity index (χ2v) is 4.51. The summed E-state index contributed by atoms with van der Waals surface area (Å²) in [5, 5.41) is 9.18. The van der Waals surface area contributed by atoms with Gasteiger partial charge in [0.25, 0.3) is 0 Å². The van der Waals surface area contributed by atoms with Gasteiger partial charge < -0.3 is 0 Å². The average Bonchev–Trinajstić information content (AvgIpc) is 2.15. The molecule has 0 radical (unpaired) electrons. The average molecular weight is 173 g/mol. The van der Waals surface area contributed by atoms with Crippen molar-refractivity contribution >= 4 is 5.78 Å². The lowest BCUT2D eigenvalue weighted by Gasteiger charge is -2.56. The van der Waals surface area contributed by atoms with Crippen LogP contribution in [0.15, 0.2) is 12.2 Å². The van der Waals surface area contributed by atoms with Gasteiger partial charge in [0.1, 0.15) is 5.78 Å². The molecule has 0 amide bonds. The number of carbonyl (C=O) groups excluding carboxylic acids is 1. The van der Waals surface area contributed by atoms with E-state index in [0.717, 1.165) is 12.8 Å². The summed E-state index contributed by atoms with van der Waals surface area (Å²) in [7, 11) is 0. The smallest absolute Gasteiger partial charge is 0.139 e. The van der Waals surface area contributed by atoms with Gasteiger partial charge in [0, 0.05) is 12.3 Å². The van der Waals surface area contributed by atoms with E-state index in [4.69, 9.17) is 0 Å². The monoisotopic (exact) mass is 173 g/mol. The summed E-state index contributed by atoms with van der Waals surface area (Å²) in [6, 6.07) is 2.41. The number of carbonyl (C=O) groups is 1. The molecule has 0 aromatic carbocycles. The Morgan fingerprint density at radius 3 is 2.77 bits per heavy atom. The number of rotatable bonds is 0. The Bertz CT molecular complexity index is 352. The molecule has 4 atom stereocenters. The summed E-state index contributed by atoms with van der Waals surface area (Å²) in [5.74, 6) is 1.12. The minimum atomic E-state index is -0.283. The SMILES string of the molecule is N#CC12CC(=O)C1C1C=CC2CC1. The van der Waals surface area contributed by atoms with Crippen molar-refractivity contribution in [1.29, 1.82) is 5.26 Å². The van der Waals surface area contributed by atoms with E-state index in [1.165, 1.54) is 0 Å². The standard InChI is InChI=1S/C11H11NO/c12-6-11-5-9(13)10(11)7-1-3-8(11)4-2-7/h1,3,7-8,10H,2,4-5H2. The van der Waals surface area contributed by atoms with Gasteiger partial charge >= 0.3 is 0 Å². The molecule has 2 fully saturated rings. The van der Waals surface area contributed by atoms with E-state index in [2.05, 4.69) is 18.2 Å². The summed E-state index contributed by atoms with van der Waals surface area (Å²) in [5.41, 5.74) is -0.283. The maximum Gasteiger partial charge on any atom is 0.139 e. The van der Waals surface area contributed by atoms with Gasteiger partial charge in [-0.05, 0) is 24.7 Å². The predicted molar refractivity (Wildman–Crippen MR) is 46.5 cm³/mol. The topological polar surface area (TPSA) is 40.9 Å². The lowest BCUT2D eigenvalue weighted by Crippen LogP contribution is -2.59. The fourth-order valence-corrected chi connectivity index (χ4v) is 3.39. The van der Waals surface area contributed by atoms with Crippen LogP contribution in [0.25, 0.3) is 0 Å². The quantitative estimate of drug-likeness (QED) is 0.523. The largest absolute Gasteiger partial charge is 0.299 e. The van der Waals surface area contributed by atoms with Crippen LogP contribution >= 0.6 is 0 Å². The van der Waals surface area contributed by atoms with Crippen LogP contribution in [0.2, 0.25) is 0 Å². The highest BCUT2D eigenvalue weighted by atomic mass is 16.1. The highest BCUT2D eigenvalue weighted by Crippen LogP contribution is 2.61. The number of ketones is 1. The molecule has 2 heteroatoms. The van der Waals surface area contributed by atoms with Crippen LogP contribution in [0.5, 0.6) is 0 Å². The van der Waals surface area contributed by atoms with Crippen molar-refractivity contribution in [3.05, 3.63) is 12.2 Å². The Morgan fingerprint density at radius 1 is 1.46 bits per heavy atom. The zero-order valence-electron chi connectivity index (χ0n) is 7.36. The second kappa shape index (κ2) is 2.04. The molecule has 0 aliphatic heterocycles. The van der Waals surface area contributed by atoms with Crippen LogP contribution in [-0.2, 0) is 4.79 Å². The van der Waals surface area contributed by atoms with Crippen molar-refractivity contribution in [2.45, 2.75) is 19.3 Å². The molecule has 0 N–H and O–H groups in total. The molecule has 0 aromatic heterocycles. The number of hydrogen-bond donors (Lipinski definition) is 0. The summed E-state index contributed by atoms with van der Waals surface area (Å²) in [4.78, 5) is 11.4. The Hall–Kier alpha value is -1.10. The van der Waals surface area contributed by atoms with Gasteiger partial charge in [-0.25, -0.2) is 0 Å². The zero-order chi connectivity index (χ0) is 9.05. The Morgan fingerprint density at radius 2 is 2.31 bits per heavy atom. The second-order valence-electron chi connectivity index (χ2n) is 4.51. The molecule has 2 nitrogen and oxygen atoms in total. The Kier molecular flexibility index (Phi) is 1.15. The third-order valence-corrected chi connectivity index (χ3v) is 4.07. The van der Waals surface area contributed by atoms with Gasteiger partial charge in [0.15, 0.2) is 0 Å². The fourth-order valence-electron chi connectivity index (χ4n) is 3.39. The highest BCUT2D eigenvalue weighted by molar-refractivity contribution is 5.91. The van der Waals surface area contributed by atoms with E-state index in [1.54, 1.807) is 0 Å². The molecular weight excluding hydrogens is 162 g/mol. The van der Waals surface area contributed by atoms with Crippen LogP contribution in [0.1, 0.15) is 19.3 Å². The fraction of sp³-hybridized carbons (Fsp3) is 0.636. The summed E-state index contributed by atoms with van der Waals surface area (Å²) in [6.45, 7) is 0. The van der Waals surface area contributed by atoms with Crippen LogP contribution in [0, 0.1) is 34.5 Å². The van der Waals surface area contributed by atoms with E-state index in [9.17, 15) is 10.1 Å². The van der Waals surface area contributed by atoms with Gasteiger partial charge in [0.05, 0.1) is 11.5 Å². The third-order valence-electron chi connectivity index (χ3n) is 4.07. The first-order valence-corrected chi connectivity index (χ1v) is 4.90. The molecule has 0 saturated heterocycles. The van der Waals surface area contributed by atoms with E-state index < -0.39 is 0 Å². The minimum absolute atomic E-state index is 0.0567. The summed E-state index contributed by atoms with van der Waals surface area (Å²) in [6.07, 6.45) is 7.06. The van der Waals surface area contributed by atoms with Crippen molar-refractivity contribution < 1.29 is 4.79 Å². The van der Waals surface area contributed by atoms with Crippen molar-refractivity contribution in [3.63, 3.8) is 0 Å². The maximum absolute atomic E-state index is 11.4. The molecule has 0 heterocycles. The predicted octanol–water partition coefficient (Wildman–Crippen LogP) is 1.68. The zero-order valence-corrected chi connectivity index (χ0v) is 7.36. The molecule has 4 rings (SSSR count). The first-order valence-electron chi connectivity index (χ1n) is 4.90. The highest BCUT2D eigenvalue weighted by Gasteiger charge is 2.63. The molecule has 2 saturated carbocycles. The van der Waals surface area contributed by atoms with Gasteiger partial charge in [0.2, 0.25) is 0 Å². The molecule has 0 spiro atoms. The van der Waals surface area contributed by atoms with Gasteiger partial charge in [-0.2, -0.15) is 5.26 Å². The number of hydrogen-bond acceptors (Lipinski definition) is 2. The van der Waals surface area contributed by atoms with E-state index in [1.807, 2.05) is 0 Å².